The molecule has 88 valence electrons. The lowest BCUT2D eigenvalue weighted by molar-refractivity contribution is 0.566. The van der Waals surface area contributed by atoms with Crippen LogP contribution in [-0.2, 0) is 6.54 Å². The van der Waals surface area contributed by atoms with Gasteiger partial charge in [-0.2, -0.15) is 0 Å². The number of hydrogen-bond acceptors (Lipinski definition) is 3. The molecule has 0 unspecified atom stereocenters. The summed E-state index contributed by atoms with van der Waals surface area (Å²) in [6.45, 7) is 2.65. The summed E-state index contributed by atoms with van der Waals surface area (Å²) in [5.74, 6) is -0.305. The molecule has 0 aromatic carbocycles. The average Bonchev–Trinajstić information content (AvgIpc) is 2.37. The molecule has 1 atom stereocenters. The predicted molar refractivity (Wildman–Crippen MR) is 63.7 cm³/mol. The third-order valence-corrected chi connectivity index (χ3v) is 2.58. The molecule has 17 heavy (non-hydrogen) atoms. The van der Waals surface area contributed by atoms with E-state index >= 15 is 0 Å². The first-order valence-corrected chi connectivity index (χ1v) is 5.48. The largest absolute Gasteiger partial charge is 0.306 e. The Labute approximate surface area is 99.7 Å². The van der Waals surface area contributed by atoms with Gasteiger partial charge in [-0.1, -0.05) is 0 Å². The molecule has 1 N–H and O–H groups in total. The molecule has 0 saturated carbocycles. The fourth-order valence-corrected chi connectivity index (χ4v) is 1.59. The number of nitrogens with one attached hydrogen (secondary N) is 1. The molecule has 0 aliphatic rings. The van der Waals surface area contributed by atoms with E-state index in [1.165, 1.54) is 12.3 Å². The minimum absolute atomic E-state index is 0.196. The molecule has 0 aliphatic heterocycles. The Morgan fingerprint density at radius 2 is 2.00 bits per heavy atom. The van der Waals surface area contributed by atoms with Gasteiger partial charge in [0.05, 0.1) is 6.20 Å². The van der Waals surface area contributed by atoms with Crippen LogP contribution in [0.3, 0.4) is 0 Å². The van der Waals surface area contributed by atoms with Gasteiger partial charge in [-0.15, -0.1) is 0 Å². The molecule has 0 saturated heterocycles. The van der Waals surface area contributed by atoms with E-state index in [1.54, 1.807) is 18.6 Å². The highest BCUT2D eigenvalue weighted by Crippen LogP contribution is 2.11. The van der Waals surface area contributed by atoms with Gasteiger partial charge in [0.2, 0.25) is 0 Å². The zero-order valence-electron chi connectivity index (χ0n) is 9.60. The summed E-state index contributed by atoms with van der Waals surface area (Å²) >= 11 is 0. The molecule has 3 nitrogen and oxygen atoms in total. The second-order valence-electron chi connectivity index (χ2n) is 3.89. The van der Waals surface area contributed by atoms with Gasteiger partial charge in [-0.3, -0.25) is 9.97 Å². The number of pyridine rings is 2. The lowest BCUT2D eigenvalue weighted by Gasteiger charge is -2.13. The van der Waals surface area contributed by atoms with E-state index < -0.39 is 0 Å². The van der Waals surface area contributed by atoms with Gasteiger partial charge in [-0.25, -0.2) is 4.39 Å². The molecule has 4 heteroatoms. The predicted octanol–water partition coefficient (Wildman–Crippen LogP) is 2.47. The van der Waals surface area contributed by atoms with Crippen LogP contribution in [0.5, 0.6) is 0 Å². The van der Waals surface area contributed by atoms with Crippen LogP contribution in [0, 0.1) is 5.82 Å². The van der Waals surface area contributed by atoms with Crippen molar-refractivity contribution in [2.24, 2.45) is 0 Å². The Morgan fingerprint density at radius 1 is 1.24 bits per heavy atom. The van der Waals surface area contributed by atoms with Crippen LogP contribution in [0.15, 0.2) is 43.0 Å². The Balaban J connectivity index is 1.95. The molecule has 0 aliphatic carbocycles. The number of hydrogen-bond donors (Lipinski definition) is 1. The summed E-state index contributed by atoms with van der Waals surface area (Å²) in [6.07, 6.45) is 6.39. The van der Waals surface area contributed by atoms with E-state index in [0.717, 1.165) is 11.1 Å². The highest BCUT2D eigenvalue weighted by atomic mass is 19.1. The maximum atomic E-state index is 12.9. The van der Waals surface area contributed by atoms with Crippen molar-refractivity contribution in [3.8, 4) is 0 Å². The molecular weight excluding hydrogens is 217 g/mol. The second kappa shape index (κ2) is 5.50. The van der Waals surface area contributed by atoms with Crippen molar-refractivity contribution < 1.29 is 4.39 Å². The van der Waals surface area contributed by atoms with Crippen LogP contribution in [0.4, 0.5) is 4.39 Å². The third-order valence-electron chi connectivity index (χ3n) is 2.58. The zero-order chi connectivity index (χ0) is 12.1. The smallest absolute Gasteiger partial charge is 0.141 e. The summed E-state index contributed by atoms with van der Waals surface area (Å²) in [6, 6.07) is 5.60. The molecule has 2 heterocycles. The van der Waals surface area contributed by atoms with E-state index in [1.807, 2.05) is 12.1 Å². The Kier molecular flexibility index (Phi) is 3.77. The zero-order valence-corrected chi connectivity index (χ0v) is 9.60. The number of halogens is 1. The van der Waals surface area contributed by atoms with Crippen molar-refractivity contribution >= 4 is 0 Å². The van der Waals surface area contributed by atoms with E-state index in [9.17, 15) is 4.39 Å². The van der Waals surface area contributed by atoms with Crippen LogP contribution in [0.1, 0.15) is 24.1 Å². The second-order valence-corrected chi connectivity index (χ2v) is 3.89. The van der Waals surface area contributed by atoms with Crippen LogP contribution in [-0.4, -0.2) is 9.97 Å². The number of aromatic nitrogens is 2. The quantitative estimate of drug-likeness (QED) is 0.878. The van der Waals surface area contributed by atoms with E-state index in [0.29, 0.717) is 6.54 Å². The Bertz CT molecular complexity index is 473. The van der Waals surface area contributed by atoms with Gasteiger partial charge in [0.25, 0.3) is 0 Å². The molecule has 2 aromatic heterocycles. The summed E-state index contributed by atoms with van der Waals surface area (Å²) in [7, 11) is 0. The number of rotatable bonds is 4. The Hall–Kier alpha value is -1.81. The molecule has 2 rings (SSSR count). The summed E-state index contributed by atoms with van der Waals surface area (Å²) in [4.78, 5) is 7.78. The van der Waals surface area contributed by atoms with Crippen LogP contribution in [0.2, 0.25) is 0 Å². The third kappa shape index (κ3) is 3.32. The van der Waals surface area contributed by atoms with Crippen LogP contribution >= 0.6 is 0 Å². The summed E-state index contributed by atoms with van der Waals surface area (Å²) < 4.78 is 12.9. The van der Waals surface area contributed by atoms with E-state index in [2.05, 4.69) is 22.2 Å². The summed E-state index contributed by atoms with van der Waals surface area (Å²) in [5, 5.41) is 3.31. The first-order valence-electron chi connectivity index (χ1n) is 5.48. The first-order chi connectivity index (χ1) is 8.25. The van der Waals surface area contributed by atoms with Crippen molar-refractivity contribution in [1.29, 1.82) is 0 Å². The SMILES string of the molecule is C[C@@H](NCc1cncc(F)c1)c1ccncc1. The molecule has 0 amide bonds. The van der Waals surface area contributed by atoms with Gasteiger partial charge in [0, 0.05) is 31.2 Å². The maximum Gasteiger partial charge on any atom is 0.141 e. The fourth-order valence-electron chi connectivity index (χ4n) is 1.59. The molecular formula is C13H14FN3. The minimum Gasteiger partial charge on any atom is -0.306 e. The van der Waals surface area contributed by atoms with Crippen molar-refractivity contribution in [2.45, 2.75) is 19.5 Å². The molecule has 0 radical (unpaired) electrons. The van der Waals surface area contributed by atoms with Gasteiger partial charge in [0.1, 0.15) is 5.82 Å². The van der Waals surface area contributed by atoms with Crippen molar-refractivity contribution in [3.63, 3.8) is 0 Å². The molecule has 2 aromatic rings. The topological polar surface area (TPSA) is 37.8 Å². The van der Waals surface area contributed by atoms with Gasteiger partial charge in [0.15, 0.2) is 0 Å². The van der Waals surface area contributed by atoms with Crippen LogP contribution < -0.4 is 5.32 Å². The minimum atomic E-state index is -0.305. The average molecular weight is 231 g/mol. The first kappa shape index (κ1) is 11.7. The monoisotopic (exact) mass is 231 g/mol. The number of nitrogens with zero attached hydrogens (tertiary/aromatic N) is 2. The van der Waals surface area contributed by atoms with Gasteiger partial charge >= 0.3 is 0 Å². The van der Waals surface area contributed by atoms with Gasteiger partial charge < -0.3 is 5.32 Å². The highest BCUT2D eigenvalue weighted by molar-refractivity contribution is 5.15. The van der Waals surface area contributed by atoms with E-state index in [4.69, 9.17) is 0 Å². The normalized spacial score (nSPS) is 12.4. The molecule has 0 fully saturated rings. The molecule has 0 bridgehead atoms. The molecule has 0 spiro atoms. The maximum absolute atomic E-state index is 12.9. The standard InChI is InChI=1S/C13H14FN3/c1-10(12-2-4-15-5-3-12)17-8-11-6-13(14)9-16-7-11/h2-7,9-10,17H,8H2,1H3/t10-/m1/s1. The fraction of sp³-hybridized carbons (Fsp3) is 0.231. The van der Waals surface area contributed by atoms with E-state index in [-0.39, 0.29) is 11.9 Å². The lowest BCUT2D eigenvalue weighted by atomic mass is 10.1. The van der Waals surface area contributed by atoms with Gasteiger partial charge in [-0.05, 0) is 36.2 Å². The van der Waals surface area contributed by atoms with Crippen molar-refractivity contribution in [3.05, 3.63) is 59.9 Å². The van der Waals surface area contributed by atoms with Crippen LogP contribution in [0.25, 0.3) is 0 Å². The summed E-state index contributed by atoms with van der Waals surface area (Å²) in [5.41, 5.74) is 2.00. The lowest BCUT2D eigenvalue weighted by Crippen LogP contribution is -2.18. The highest BCUT2D eigenvalue weighted by Gasteiger charge is 2.04. The Morgan fingerprint density at radius 3 is 2.71 bits per heavy atom. The van der Waals surface area contributed by atoms with Crippen molar-refractivity contribution in [2.75, 3.05) is 0 Å². The van der Waals surface area contributed by atoms with Crippen molar-refractivity contribution in [1.82, 2.24) is 15.3 Å².